The van der Waals surface area contributed by atoms with E-state index in [0.717, 1.165) is 5.52 Å². The molecule has 0 bridgehead atoms. The Kier molecular flexibility index (Phi) is 8.53. The Morgan fingerprint density at radius 3 is 1.30 bits per heavy atom. The van der Waals surface area contributed by atoms with Crippen LogP contribution in [0.1, 0.15) is 0 Å². The van der Waals surface area contributed by atoms with Gasteiger partial charge in [0.15, 0.2) is 0 Å². The Balaban J connectivity index is 0.000000100. The number of hydrogen-bond donors (Lipinski definition) is 0. The fraction of sp³-hybridized carbons (Fsp3) is 0.0484. The predicted octanol–water partition coefficient (Wildman–Crippen LogP) is 16.3. The first kappa shape index (κ1) is 38.0. The third kappa shape index (κ3) is 5.61. The maximum Gasteiger partial charge on any atom is 0.0969 e. The van der Waals surface area contributed by atoms with Crippen molar-refractivity contribution in [2.75, 3.05) is 0 Å². The number of para-hydroxylation sites is 1. The summed E-state index contributed by atoms with van der Waals surface area (Å²) in [6.07, 6.45) is 4.04. The van der Waals surface area contributed by atoms with Gasteiger partial charge in [-0.1, -0.05) is 170 Å². The number of aryl methyl sites for hydroxylation is 3. The van der Waals surface area contributed by atoms with Gasteiger partial charge >= 0.3 is 0 Å². The summed E-state index contributed by atoms with van der Waals surface area (Å²) in [5.41, 5.74) is 6.16. The predicted molar refractivity (Wildman–Crippen MR) is 284 cm³/mol. The van der Waals surface area contributed by atoms with E-state index in [1.165, 1.54) is 124 Å². The van der Waals surface area contributed by atoms with E-state index in [2.05, 4.69) is 246 Å². The molecule has 0 spiro atoms. The van der Waals surface area contributed by atoms with Crippen molar-refractivity contribution in [1.82, 2.24) is 18.7 Å². The molecule has 0 saturated carbocycles. The van der Waals surface area contributed by atoms with Crippen LogP contribution in [0.5, 0.6) is 0 Å². The zero-order chi connectivity index (χ0) is 44.0. The summed E-state index contributed by atoms with van der Waals surface area (Å²) in [5, 5.41) is 25.1. The minimum absolute atomic E-state index is 1.09. The number of hydrogen-bond acceptors (Lipinski definition) is 1. The fourth-order valence-corrected chi connectivity index (χ4v) is 11.1. The summed E-state index contributed by atoms with van der Waals surface area (Å²) < 4.78 is 6.61. The van der Waals surface area contributed by atoms with Gasteiger partial charge in [-0.05, 0) is 106 Å². The van der Waals surface area contributed by atoms with Gasteiger partial charge in [-0.2, -0.15) is 0 Å². The van der Waals surface area contributed by atoms with E-state index in [9.17, 15) is 0 Å². The summed E-state index contributed by atoms with van der Waals surface area (Å²) in [5.74, 6) is 0. The summed E-state index contributed by atoms with van der Waals surface area (Å²) in [6.45, 7) is 0. The van der Waals surface area contributed by atoms with Gasteiger partial charge in [0.25, 0.3) is 0 Å². The van der Waals surface area contributed by atoms with Crippen LogP contribution in [0.3, 0.4) is 0 Å². The molecular formula is C62H44N4. The van der Waals surface area contributed by atoms with Crippen molar-refractivity contribution in [3.05, 3.63) is 213 Å². The zero-order valence-corrected chi connectivity index (χ0v) is 37.0. The second-order valence-corrected chi connectivity index (χ2v) is 17.7. The zero-order valence-electron chi connectivity index (χ0n) is 37.0. The quantitative estimate of drug-likeness (QED) is 0.140. The van der Waals surface area contributed by atoms with Crippen LogP contribution >= 0.6 is 0 Å². The molecule has 15 rings (SSSR count). The molecule has 0 fully saturated rings. The van der Waals surface area contributed by atoms with Gasteiger partial charge in [0.2, 0.25) is 0 Å². The fourth-order valence-electron chi connectivity index (χ4n) is 11.1. The van der Waals surface area contributed by atoms with Crippen LogP contribution in [0.2, 0.25) is 0 Å². The van der Waals surface area contributed by atoms with Crippen LogP contribution in [0, 0.1) is 0 Å². The summed E-state index contributed by atoms with van der Waals surface area (Å²) >= 11 is 0. The van der Waals surface area contributed by atoms with Gasteiger partial charge in [-0.15, -0.1) is 0 Å². The highest BCUT2D eigenvalue weighted by molar-refractivity contribution is 6.32. The maximum absolute atomic E-state index is 4.56. The Morgan fingerprint density at radius 2 is 0.712 bits per heavy atom. The molecule has 3 aromatic heterocycles. The summed E-state index contributed by atoms with van der Waals surface area (Å²) in [6, 6.07) is 72.2. The molecule has 0 unspecified atom stereocenters. The van der Waals surface area contributed by atoms with Gasteiger partial charge in [0.05, 0.1) is 17.4 Å². The smallest absolute Gasteiger partial charge is 0.0969 e. The van der Waals surface area contributed by atoms with Crippen molar-refractivity contribution in [1.29, 1.82) is 0 Å². The van der Waals surface area contributed by atoms with Crippen LogP contribution in [-0.4, -0.2) is 18.7 Å². The molecule has 4 nitrogen and oxygen atoms in total. The standard InChI is InChI=1S/C25H17N.C21H15N.C16H12N2/c1-26-24-13-7-6-12-20(24)23-14-21-18-10-4-2-8-16(18)17-9-3-5-11-19(17)22(21)15-25(23)26;1-22-13-12-19-20(22)11-10-18-16-8-3-2-6-14(16)15-7-4-5-9-17(15)21(18)19;1-18-10-17-15-13-8-4-2-6-11(13)12-7-3-5-9-14(12)16(15)18/h2-15H,1H3;2-13H,1H3;2-10H,1H3. The molecular weight excluding hydrogens is 801 g/mol. The van der Waals surface area contributed by atoms with E-state index < -0.39 is 0 Å². The average Bonchev–Trinajstić information content (AvgIpc) is 4.06. The largest absolute Gasteiger partial charge is 0.351 e. The van der Waals surface area contributed by atoms with Crippen molar-refractivity contribution in [2.45, 2.75) is 0 Å². The third-order valence-corrected chi connectivity index (χ3v) is 14.1. The van der Waals surface area contributed by atoms with Gasteiger partial charge in [0.1, 0.15) is 0 Å². The lowest BCUT2D eigenvalue weighted by Gasteiger charge is -2.11. The lowest BCUT2D eigenvalue weighted by atomic mass is 9.93. The van der Waals surface area contributed by atoms with E-state index in [1.807, 2.05) is 6.33 Å². The monoisotopic (exact) mass is 844 g/mol. The molecule has 0 aliphatic rings. The molecule has 3 heterocycles. The second kappa shape index (κ2) is 14.8. The number of fused-ring (bicyclic) bond motifs is 23. The first-order valence-corrected chi connectivity index (χ1v) is 22.7. The normalized spacial score (nSPS) is 11.9. The molecule has 0 N–H and O–H groups in total. The Morgan fingerprint density at radius 1 is 0.288 bits per heavy atom. The molecule has 0 saturated heterocycles. The second-order valence-electron chi connectivity index (χ2n) is 17.7. The highest BCUT2D eigenvalue weighted by Gasteiger charge is 2.15. The number of nitrogens with zero attached hydrogens (tertiary/aromatic N) is 4. The van der Waals surface area contributed by atoms with Crippen molar-refractivity contribution in [3.8, 4) is 0 Å². The van der Waals surface area contributed by atoms with E-state index in [1.54, 1.807) is 0 Å². The van der Waals surface area contributed by atoms with Gasteiger partial charge in [-0.3, -0.25) is 0 Å². The molecule has 12 aromatic carbocycles. The summed E-state index contributed by atoms with van der Waals surface area (Å²) in [4.78, 5) is 4.56. The van der Waals surface area contributed by atoms with Crippen LogP contribution in [0.15, 0.2) is 213 Å². The van der Waals surface area contributed by atoms with Gasteiger partial charge < -0.3 is 13.7 Å². The van der Waals surface area contributed by atoms with Gasteiger partial charge in [0, 0.05) is 70.8 Å². The molecule has 0 aliphatic carbocycles. The molecule has 0 atom stereocenters. The van der Waals surface area contributed by atoms with Crippen LogP contribution in [0.4, 0.5) is 0 Å². The average molecular weight is 845 g/mol. The molecule has 4 heteroatoms. The topological polar surface area (TPSA) is 27.7 Å². The Hall–Kier alpha value is -8.47. The Labute approximate surface area is 380 Å². The molecule has 0 radical (unpaired) electrons. The highest BCUT2D eigenvalue weighted by Crippen LogP contribution is 2.41. The number of rotatable bonds is 0. The molecule has 66 heavy (non-hydrogen) atoms. The van der Waals surface area contributed by atoms with Crippen molar-refractivity contribution < 1.29 is 0 Å². The molecule has 0 aliphatic heterocycles. The minimum Gasteiger partial charge on any atom is -0.351 e. The summed E-state index contributed by atoms with van der Waals surface area (Å²) in [7, 11) is 6.33. The molecule has 312 valence electrons. The minimum atomic E-state index is 1.09. The first-order chi connectivity index (χ1) is 32.5. The van der Waals surface area contributed by atoms with E-state index in [4.69, 9.17) is 0 Å². The lowest BCUT2D eigenvalue weighted by molar-refractivity contribution is 0.951. The van der Waals surface area contributed by atoms with E-state index in [0.29, 0.717) is 0 Å². The Bertz CT molecular complexity index is 4410. The lowest BCUT2D eigenvalue weighted by Crippen LogP contribution is -1.87. The number of aromatic nitrogens is 4. The van der Waals surface area contributed by atoms with Crippen LogP contribution < -0.4 is 0 Å². The van der Waals surface area contributed by atoms with Crippen LogP contribution in [-0.2, 0) is 21.1 Å². The molecule has 15 aromatic rings. The highest BCUT2D eigenvalue weighted by atomic mass is 15.0. The van der Waals surface area contributed by atoms with Crippen LogP contribution in [0.25, 0.3) is 130 Å². The first-order valence-electron chi connectivity index (χ1n) is 22.7. The third-order valence-electron chi connectivity index (χ3n) is 14.1. The van der Waals surface area contributed by atoms with Gasteiger partial charge in [-0.25, -0.2) is 4.98 Å². The SMILES string of the molecule is Cn1c2ccccc2c2cc3c4ccccc4c4ccccc4c3cc21.Cn1ccc2c3c4ccccc4c4ccccc4c3ccc21.Cn1cnc2c3ccccc3c3ccccc3c21. The van der Waals surface area contributed by atoms with Crippen molar-refractivity contribution in [3.63, 3.8) is 0 Å². The van der Waals surface area contributed by atoms with E-state index in [-0.39, 0.29) is 0 Å². The number of imidazole rings is 1. The maximum atomic E-state index is 4.56. The molecule has 0 amide bonds. The van der Waals surface area contributed by atoms with Crippen molar-refractivity contribution >= 4 is 130 Å². The van der Waals surface area contributed by atoms with E-state index >= 15 is 0 Å². The number of benzene rings is 12. The van der Waals surface area contributed by atoms with Crippen molar-refractivity contribution in [2.24, 2.45) is 21.1 Å².